The van der Waals surface area contributed by atoms with E-state index in [9.17, 15) is 57.5 Å². The van der Waals surface area contributed by atoms with Gasteiger partial charge in [-0.05, 0) is 6.42 Å². The minimum Gasteiger partial charge on any atom is -0.463 e. The fourth-order valence-corrected chi connectivity index (χ4v) is 1.84. The fourth-order valence-electron chi connectivity index (χ4n) is 1.84. The highest BCUT2D eigenvalue weighted by molar-refractivity contribution is 5.76. The Morgan fingerprint density at radius 3 is 1.64 bits per heavy atom. The molecule has 1 atom stereocenters. The van der Waals surface area contributed by atoms with E-state index in [-0.39, 0.29) is 6.42 Å². The van der Waals surface area contributed by atoms with E-state index in [0.29, 0.717) is 12.8 Å². The molecule has 0 spiro atoms. The van der Waals surface area contributed by atoms with Gasteiger partial charge in [-0.3, -0.25) is 0 Å². The molecule has 0 aliphatic heterocycles. The molecule has 0 heterocycles. The third-order valence-corrected chi connectivity index (χ3v) is 3.58. The van der Waals surface area contributed by atoms with Crippen LogP contribution in [0.2, 0.25) is 0 Å². The number of unbranched alkanes of at least 4 members (excludes halogenated alkanes) is 4. The van der Waals surface area contributed by atoms with Crippen LogP contribution in [0.25, 0.3) is 0 Å². The lowest BCUT2D eigenvalue weighted by Gasteiger charge is -2.37. The number of hydrogen-bond donors (Lipinski definition) is 0. The molecular weight excluding hydrogens is 428 g/mol. The van der Waals surface area contributed by atoms with Crippen LogP contribution in [0.3, 0.4) is 0 Å². The van der Waals surface area contributed by atoms with Gasteiger partial charge in [0.25, 0.3) is 6.17 Å². The molecule has 0 saturated carbocycles. The number of carbonyl (C=O) groups excluding carboxylic acids is 1. The largest absolute Gasteiger partial charge is 0.463 e. The van der Waals surface area contributed by atoms with Crippen molar-refractivity contribution in [2.45, 2.75) is 75.1 Å². The highest BCUT2D eigenvalue weighted by Crippen LogP contribution is 2.58. The maximum absolute atomic E-state index is 13.4. The molecule has 0 aromatic rings. The summed E-state index contributed by atoms with van der Waals surface area (Å²) >= 11 is 0. The fraction of sp³-hybridized carbons (Fsp3) is 0.929. The van der Waals surface area contributed by atoms with Crippen molar-refractivity contribution in [1.29, 1.82) is 0 Å². The summed E-state index contributed by atoms with van der Waals surface area (Å²) < 4.78 is 157. The van der Waals surface area contributed by atoms with Crippen LogP contribution in [0, 0.1) is 0 Å². The second-order valence-electron chi connectivity index (χ2n) is 5.79. The third kappa shape index (κ3) is 4.97. The lowest BCUT2D eigenvalue weighted by molar-refractivity contribution is -0.425. The Balaban J connectivity index is 5.34. The van der Waals surface area contributed by atoms with Crippen molar-refractivity contribution in [2.24, 2.45) is 0 Å². The molecule has 0 aromatic carbocycles. The first-order valence-corrected chi connectivity index (χ1v) is 7.78. The first-order chi connectivity index (χ1) is 12.4. The predicted molar refractivity (Wildman–Crippen MR) is 70.5 cm³/mol. The first kappa shape index (κ1) is 26.6. The second kappa shape index (κ2) is 8.97. The Morgan fingerprint density at radius 2 is 1.21 bits per heavy atom. The quantitative estimate of drug-likeness (QED) is 0.224. The van der Waals surface area contributed by atoms with Crippen LogP contribution in [-0.2, 0) is 9.53 Å². The summed E-state index contributed by atoms with van der Waals surface area (Å²) in [6.07, 6.45) is -9.87. The minimum absolute atomic E-state index is 0.0390. The van der Waals surface area contributed by atoms with Crippen LogP contribution in [0.4, 0.5) is 52.7 Å². The monoisotopic (exact) mass is 444 g/mol. The summed E-state index contributed by atoms with van der Waals surface area (Å²) in [4.78, 5) is 11.0. The van der Waals surface area contributed by atoms with Crippen molar-refractivity contribution in [2.75, 3.05) is 6.61 Å². The van der Waals surface area contributed by atoms with Crippen molar-refractivity contribution in [3.8, 4) is 0 Å². The molecule has 0 bridgehead atoms. The summed E-state index contributed by atoms with van der Waals surface area (Å²) in [7, 11) is 0. The molecule has 14 heteroatoms. The van der Waals surface area contributed by atoms with Gasteiger partial charge >= 0.3 is 35.8 Å². The van der Waals surface area contributed by atoms with E-state index in [0.717, 1.165) is 12.8 Å². The van der Waals surface area contributed by atoms with Crippen LogP contribution in [0.5, 0.6) is 0 Å². The van der Waals surface area contributed by atoms with Crippen molar-refractivity contribution < 1.29 is 62.2 Å². The molecule has 0 aliphatic carbocycles. The van der Waals surface area contributed by atoms with Gasteiger partial charge in [-0.25, -0.2) is 9.18 Å². The first-order valence-electron chi connectivity index (χ1n) is 7.78. The van der Waals surface area contributed by atoms with Crippen molar-refractivity contribution >= 4 is 5.97 Å². The van der Waals surface area contributed by atoms with Gasteiger partial charge in [0, 0.05) is 0 Å². The molecule has 0 rings (SSSR count). The number of rotatable bonds is 11. The molecule has 0 aromatic heterocycles. The zero-order valence-electron chi connectivity index (χ0n) is 14.2. The molecule has 1 unspecified atom stereocenters. The maximum atomic E-state index is 13.4. The standard InChI is InChI=1S/C14H16F12O2/c1-2-3-4-5-6-7-28-9(27)8(15)10(16,17)11(18,19)12(20,21)13(22,23)14(24,25)26/h8H,2-7H2,1H3. The number of alkyl halides is 12. The molecular formula is C14H16F12O2. The van der Waals surface area contributed by atoms with Gasteiger partial charge in [-0.2, -0.15) is 48.3 Å². The Labute approximate surface area is 151 Å². The zero-order chi connectivity index (χ0) is 22.6. The SMILES string of the molecule is CCCCCCCOC(=O)C(F)C(F)(F)C(F)(F)C(F)(F)C(F)(F)C(F)(F)F. The Morgan fingerprint density at radius 1 is 0.750 bits per heavy atom. The maximum Gasteiger partial charge on any atom is 0.460 e. The van der Waals surface area contributed by atoms with Crippen molar-refractivity contribution in [1.82, 2.24) is 0 Å². The van der Waals surface area contributed by atoms with Crippen LogP contribution in [-0.4, -0.2) is 48.6 Å². The Hall–Kier alpha value is -1.37. The molecule has 0 amide bonds. The number of esters is 1. The van der Waals surface area contributed by atoms with E-state index < -0.39 is 48.6 Å². The highest BCUT2D eigenvalue weighted by atomic mass is 19.4. The van der Waals surface area contributed by atoms with Gasteiger partial charge in [0.1, 0.15) is 0 Å². The van der Waals surface area contributed by atoms with E-state index in [1.54, 1.807) is 0 Å². The molecule has 0 radical (unpaired) electrons. The van der Waals surface area contributed by atoms with E-state index in [4.69, 9.17) is 0 Å². The lowest BCUT2D eigenvalue weighted by atomic mass is 9.95. The van der Waals surface area contributed by atoms with Crippen LogP contribution < -0.4 is 0 Å². The van der Waals surface area contributed by atoms with Gasteiger partial charge in [0.15, 0.2) is 0 Å². The lowest BCUT2D eigenvalue weighted by Crippen LogP contribution is -2.69. The van der Waals surface area contributed by atoms with Gasteiger partial charge in [0.05, 0.1) is 6.61 Å². The molecule has 0 N–H and O–H groups in total. The topological polar surface area (TPSA) is 26.3 Å². The summed E-state index contributed by atoms with van der Waals surface area (Å²) in [5.74, 6) is -32.7. The van der Waals surface area contributed by atoms with Gasteiger partial charge in [0.2, 0.25) is 0 Å². The summed E-state index contributed by atoms with van der Waals surface area (Å²) in [5, 5.41) is 0. The number of carbonyl (C=O) groups is 1. The van der Waals surface area contributed by atoms with E-state index in [1.165, 1.54) is 0 Å². The normalized spacial score (nSPS) is 15.5. The van der Waals surface area contributed by atoms with Crippen LogP contribution in [0.1, 0.15) is 39.0 Å². The van der Waals surface area contributed by atoms with Gasteiger partial charge in [-0.15, -0.1) is 0 Å². The number of hydrogen-bond acceptors (Lipinski definition) is 2. The molecule has 28 heavy (non-hydrogen) atoms. The third-order valence-electron chi connectivity index (χ3n) is 3.58. The van der Waals surface area contributed by atoms with Gasteiger partial charge in [-0.1, -0.05) is 32.6 Å². The molecule has 0 aliphatic rings. The average Bonchev–Trinajstić information content (AvgIpc) is 2.55. The van der Waals surface area contributed by atoms with E-state index in [1.807, 2.05) is 6.92 Å². The zero-order valence-corrected chi connectivity index (χ0v) is 14.2. The summed E-state index contributed by atoms with van der Waals surface area (Å²) in [5.41, 5.74) is 0. The Bertz CT molecular complexity index is 515. The molecule has 0 saturated heterocycles. The predicted octanol–water partition coefficient (Wildman–Crippen LogP) is 5.94. The summed E-state index contributed by atoms with van der Waals surface area (Å²) in [6, 6.07) is 0. The highest BCUT2D eigenvalue weighted by Gasteiger charge is 2.88. The Kier molecular flexibility index (Phi) is 8.53. The summed E-state index contributed by atoms with van der Waals surface area (Å²) in [6.45, 7) is 1.05. The molecule has 168 valence electrons. The van der Waals surface area contributed by atoms with Crippen LogP contribution in [0.15, 0.2) is 0 Å². The van der Waals surface area contributed by atoms with E-state index in [2.05, 4.69) is 4.74 Å². The molecule has 2 nitrogen and oxygen atoms in total. The number of halogens is 12. The van der Waals surface area contributed by atoms with Crippen molar-refractivity contribution in [3.05, 3.63) is 0 Å². The van der Waals surface area contributed by atoms with Gasteiger partial charge < -0.3 is 4.74 Å². The van der Waals surface area contributed by atoms with Crippen molar-refractivity contribution in [3.63, 3.8) is 0 Å². The second-order valence-corrected chi connectivity index (χ2v) is 5.79. The molecule has 0 fully saturated rings. The minimum atomic E-state index is -7.77. The van der Waals surface area contributed by atoms with E-state index >= 15 is 0 Å². The van der Waals surface area contributed by atoms with Crippen LogP contribution >= 0.6 is 0 Å². The average molecular weight is 444 g/mol. The smallest absolute Gasteiger partial charge is 0.460 e. The number of ether oxygens (including phenoxy) is 1.